The van der Waals surface area contributed by atoms with E-state index in [0.29, 0.717) is 16.0 Å². The first-order valence-electron chi connectivity index (χ1n) is 6.68. The molecule has 3 nitrogen and oxygen atoms in total. The molecule has 0 aliphatic carbocycles. The van der Waals surface area contributed by atoms with Crippen LogP contribution in [0.3, 0.4) is 0 Å². The highest BCUT2D eigenvalue weighted by molar-refractivity contribution is 7.85. The molecule has 2 aromatic carbocycles. The topological polar surface area (TPSA) is 54.4 Å². The van der Waals surface area contributed by atoms with Gasteiger partial charge < -0.3 is 5.11 Å². The van der Waals surface area contributed by atoms with Crippen LogP contribution in [0.15, 0.2) is 59.5 Å². The summed E-state index contributed by atoms with van der Waals surface area (Å²) >= 11 is 0. The smallest absolute Gasteiger partial charge is 0.175 e. The van der Waals surface area contributed by atoms with E-state index < -0.39 is 16.4 Å². The number of carbonyl (C=O) groups excluding carboxylic acids is 1. The number of benzene rings is 2. The van der Waals surface area contributed by atoms with Gasteiger partial charge in [-0.15, -0.1) is 0 Å². The normalized spacial score (nSPS) is 12.9. The van der Waals surface area contributed by atoms with Gasteiger partial charge in [0, 0.05) is 10.5 Å². The molecule has 2 rings (SSSR count). The molecule has 0 fully saturated rings. The summed E-state index contributed by atoms with van der Waals surface area (Å²) in [7, 11) is -1.48. The molecule has 0 spiro atoms. The van der Waals surface area contributed by atoms with Crippen molar-refractivity contribution in [2.24, 2.45) is 0 Å². The summed E-state index contributed by atoms with van der Waals surface area (Å²) < 4.78 is 12.5. The van der Waals surface area contributed by atoms with Crippen molar-refractivity contribution in [2.75, 3.05) is 5.75 Å². The highest BCUT2D eigenvalue weighted by atomic mass is 32.2. The van der Waals surface area contributed by atoms with Crippen LogP contribution in [0.2, 0.25) is 0 Å². The number of hydrogen-bond donors (Lipinski definition) is 1. The second kappa shape index (κ2) is 6.33. The van der Waals surface area contributed by atoms with E-state index in [4.69, 9.17) is 0 Å². The first kappa shape index (κ1) is 15.6. The van der Waals surface area contributed by atoms with Gasteiger partial charge in [0.2, 0.25) is 0 Å². The summed E-state index contributed by atoms with van der Waals surface area (Å²) in [6.07, 6.45) is 0. The van der Waals surface area contributed by atoms with Crippen LogP contribution in [0, 0.1) is 0 Å². The number of rotatable bonds is 5. The van der Waals surface area contributed by atoms with E-state index in [-0.39, 0.29) is 11.5 Å². The molecule has 1 atom stereocenters. The number of hydrogen-bond acceptors (Lipinski definition) is 3. The molecule has 0 bridgehead atoms. The van der Waals surface area contributed by atoms with Crippen LogP contribution in [-0.4, -0.2) is 20.9 Å². The summed E-state index contributed by atoms with van der Waals surface area (Å²) in [6, 6.07) is 15.8. The summed E-state index contributed by atoms with van der Waals surface area (Å²) in [5, 5.41) is 10.2. The Morgan fingerprint density at radius 1 is 1.05 bits per heavy atom. The third kappa shape index (κ3) is 3.86. The Bertz CT molecular complexity index is 657. The minimum Gasteiger partial charge on any atom is -0.386 e. The zero-order valence-electron chi connectivity index (χ0n) is 12.1. The molecule has 0 saturated heterocycles. The van der Waals surface area contributed by atoms with Gasteiger partial charge in [-0.25, -0.2) is 0 Å². The first-order chi connectivity index (χ1) is 9.89. The van der Waals surface area contributed by atoms with Crippen molar-refractivity contribution in [3.05, 3.63) is 65.7 Å². The van der Waals surface area contributed by atoms with Gasteiger partial charge in [-0.2, -0.15) is 0 Å². The van der Waals surface area contributed by atoms with Crippen LogP contribution in [0.25, 0.3) is 0 Å². The largest absolute Gasteiger partial charge is 0.386 e. The van der Waals surface area contributed by atoms with E-state index >= 15 is 0 Å². The zero-order valence-corrected chi connectivity index (χ0v) is 12.9. The maximum absolute atomic E-state index is 12.5. The summed E-state index contributed by atoms with van der Waals surface area (Å²) in [5.74, 6) is -0.253. The lowest BCUT2D eigenvalue weighted by Gasteiger charge is -2.21. The average molecular weight is 302 g/mol. The Hall–Kier alpha value is -1.78. The molecule has 0 aliphatic rings. The Kier molecular flexibility index (Phi) is 4.70. The molecule has 0 aliphatic heterocycles. The third-order valence-electron chi connectivity index (χ3n) is 3.15. The second-order valence-corrected chi connectivity index (χ2v) is 6.75. The number of ketones is 1. The van der Waals surface area contributed by atoms with Crippen molar-refractivity contribution in [2.45, 2.75) is 24.3 Å². The zero-order chi connectivity index (χ0) is 15.5. The van der Waals surface area contributed by atoms with Crippen molar-refractivity contribution >= 4 is 16.6 Å². The van der Waals surface area contributed by atoms with E-state index in [1.807, 2.05) is 6.07 Å². The van der Waals surface area contributed by atoms with E-state index in [1.54, 1.807) is 62.4 Å². The first-order valence-corrected chi connectivity index (χ1v) is 8.00. The van der Waals surface area contributed by atoms with Crippen LogP contribution in [0.4, 0.5) is 0 Å². The fourth-order valence-electron chi connectivity index (χ4n) is 2.07. The van der Waals surface area contributed by atoms with Gasteiger partial charge in [0.25, 0.3) is 0 Å². The molecule has 1 unspecified atom stereocenters. The van der Waals surface area contributed by atoms with Gasteiger partial charge in [-0.3, -0.25) is 9.00 Å². The van der Waals surface area contributed by atoms with Crippen LogP contribution in [-0.2, 0) is 16.4 Å². The van der Waals surface area contributed by atoms with Crippen LogP contribution < -0.4 is 0 Å². The SMILES string of the molecule is CC(C)(O)c1ccccc1S(=O)CC(=O)c1ccccc1. The summed E-state index contributed by atoms with van der Waals surface area (Å²) in [5.41, 5.74) is 0.0398. The molecular formula is C17H18O3S. The van der Waals surface area contributed by atoms with Gasteiger partial charge >= 0.3 is 0 Å². The monoisotopic (exact) mass is 302 g/mol. The molecule has 21 heavy (non-hydrogen) atoms. The lowest BCUT2D eigenvalue weighted by atomic mass is 9.99. The lowest BCUT2D eigenvalue weighted by Crippen LogP contribution is -2.20. The molecule has 0 heterocycles. The molecule has 110 valence electrons. The Labute approximate surface area is 127 Å². The number of carbonyl (C=O) groups is 1. The second-order valence-electron chi connectivity index (χ2n) is 5.33. The van der Waals surface area contributed by atoms with Crippen LogP contribution in [0.5, 0.6) is 0 Å². The Morgan fingerprint density at radius 3 is 2.24 bits per heavy atom. The average Bonchev–Trinajstić information content (AvgIpc) is 2.47. The standard InChI is InChI=1S/C17H18O3S/c1-17(2,19)14-10-6-7-11-16(14)21(20)12-15(18)13-8-4-3-5-9-13/h3-11,19H,12H2,1-2H3. The predicted molar refractivity (Wildman–Crippen MR) is 83.7 cm³/mol. The van der Waals surface area contributed by atoms with Gasteiger partial charge in [-0.1, -0.05) is 48.5 Å². The third-order valence-corrected chi connectivity index (χ3v) is 4.52. The van der Waals surface area contributed by atoms with Crippen LogP contribution in [0.1, 0.15) is 29.8 Å². The predicted octanol–water partition coefficient (Wildman–Crippen LogP) is 2.90. The van der Waals surface area contributed by atoms with E-state index in [1.165, 1.54) is 0 Å². The van der Waals surface area contributed by atoms with E-state index in [0.717, 1.165) is 0 Å². The maximum Gasteiger partial charge on any atom is 0.175 e. The fraction of sp³-hybridized carbons (Fsp3) is 0.235. The molecule has 0 saturated carbocycles. The maximum atomic E-state index is 12.5. The van der Waals surface area contributed by atoms with Gasteiger partial charge in [-0.05, 0) is 25.5 Å². The summed E-state index contributed by atoms with van der Waals surface area (Å²) in [4.78, 5) is 12.6. The van der Waals surface area contributed by atoms with Gasteiger partial charge in [0.1, 0.15) is 0 Å². The molecule has 0 amide bonds. The number of aliphatic hydroxyl groups is 1. The minimum atomic E-state index is -1.48. The fourth-order valence-corrected chi connectivity index (χ4v) is 3.43. The highest BCUT2D eigenvalue weighted by Crippen LogP contribution is 2.26. The summed E-state index contributed by atoms with van der Waals surface area (Å²) in [6.45, 7) is 3.28. The quantitative estimate of drug-likeness (QED) is 0.864. The van der Waals surface area contributed by atoms with Crippen molar-refractivity contribution in [3.8, 4) is 0 Å². The Morgan fingerprint density at radius 2 is 1.62 bits per heavy atom. The van der Waals surface area contributed by atoms with Gasteiger partial charge in [0.15, 0.2) is 5.78 Å². The van der Waals surface area contributed by atoms with E-state index in [2.05, 4.69) is 0 Å². The van der Waals surface area contributed by atoms with Crippen molar-refractivity contribution in [1.82, 2.24) is 0 Å². The Balaban J connectivity index is 2.24. The molecule has 1 N–H and O–H groups in total. The molecule has 2 aromatic rings. The highest BCUT2D eigenvalue weighted by Gasteiger charge is 2.23. The van der Waals surface area contributed by atoms with E-state index in [9.17, 15) is 14.1 Å². The molecule has 0 aromatic heterocycles. The van der Waals surface area contributed by atoms with Crippen molar-refractivity contribution < 1.29 is 14.1 Å². The van der Waals surface area contributed by atoms with Crippen molar-refractivity contribution in [1.29, 1.82) is 0 Å². The number of Topliss-reactive ketones (excluding diaryl/α,β-unsaturated/α-hetero) is 1. The van der Waals surface area contributed by atoms with Crippen LogP contribution >= 0.6 is 0 Å². The molecular weight excluding hydrogens is 284 g/mol. The minimum absolute atomic E-state index is 0.0862. The molecule has 4 heteroatoms. The van der Waals surface area contributed by atoms with Gasteiger partial charge in [0.05, 0.1) is 22.2 Å². The lowest BCUT2D eigenvalue weighted by molar-refractivity contribution is 0.0756. The molecule has 0 radical (unpaired) electrons. The van der Waals surface area contributed by atoms with Crippen molar-refractivity contribution in [3.63, 3.8) is 0 Å².